The molecule has 0 radical (unpaired) electrons. The molecule has 0 bridgehead atoms. The molecule has 1 N–H and O–H groups in total. The van der Waals surface area contributed by atoms with E-state index in [1.807, 2.05) is 30.3 Å². The fraction of sp³-hybridized carbons (Fsp3) is 0.0476. The molecule has 3 aromatic rings. The number of nitro benzene ring substituents is 1. The molecule has 0 aliphatic rings. The zero-order valence-corrected chi connectivity index (χ0v) is 17.9. The van der Waals surface area contributed by atoms with Gasteiger partial charge in [-0.3, -0.25) is 10.1 Å². The van der Waals surface area contributed by atoms with Crippen molar-refractivity contribution in [3.63, 3.8) is 0 Å². The lowest BCUT2D eigenvalue weighted by Gasteiger charge is -2.21. The van der Waals surface area contributed by atoms with Crippen LogP contribution < -0.4 is 5.32 Å². The third-order valence-electron chi connectivity index (χ3n) is 4.01. The Morgan fingerprint density at radius 1 is 1.07 bits per heavy atom. The lowest BCUT2D eigenvalue weighted by molar-refractivity contribution is -0.384. The maximum atomic E-state index is 11.0. The normalized spacial score (nSPS) is 10.7. The number of benzene rings is 3. The number of anilines is 1. The van der Waals surface area contributed by atoms with Gasteiger partial charge in [0.1, 0.15) is 0 Å². The molecule has 0 saturated heterocycles. The zero-order chi connectivity index (χ0) is 21.5. The lowest BCUT2D eigenvalue weighted by Crippen LogP contribution is -2.30. The number of nitrogens with zero attached hydrogens (tertiary/aromatic N) is 3. The Balaban J connectivity index is 1.83. The second-order valence-electron chi connectivity index (χ2n) is 6.20. The minimum Gasteiger partial charge on any atom is -0.331 e. The summed E-state index contributed by atoms with van der Waals surface area (Å²) < 4.78 is 0. The van der Waals surface area contributed by atoms with Crippen molar-refractivity contribution in [2.24, 2.45) is 5.10 Å². The van der Waals surface area contributed by atoms with E-state index >= 15 is 0 Å². The molecule has 0 saturated carbocycles. The minimum atomic E-state index is -0.449. The highest BCUT2D eigenvalue weighted by Crippen LogP contribution is 2.25. The van der Waals surface area contributed by atoms with Crippen molar-refractivity contribution >= 4 is 58.1 Å². The van der Waals surface area contributed by atoms with Gasteiger partial charge < -0.3 is 5.32 Å². The Bertz CT molecular complexity index is 1090. The van der Waals surface area contributed by atoms with Gasteiger partial charge in [-0.25, -0.2) is 5.01 Å². The van der Waals surface area contributed by atoms with Crippen LogP contribution in [0.2, 0.25) is 10.0 Å². The van der Waals surface area contributed by atoms with E-state index in [4.69, 9.17) is 35.4 Å². The first-order valence-corrected chi connectivity index (χ1v) is 9.95. The van der Waals surface area contributed by atoms with Crippen LogP contribution in [-0.4, -0.2) is 21.3 Å². The van der Waals surface area contributed by atoms with E-state index in [-0.39, 0.29) is 5.69 Å². The maximum absolute atomic E-state index is 11.0. The average molecular weight is 459 g/mol. The number of thiocarbonyl (C=S) groups is 1. The fourth-order valence-corrected chi connectivity index (χ4v) is 3.07. The van der Waals surface area contributed by atoms with Crippen LogP contribution in [0.5, 0.6) is 0 Å². The second-order valence-corrected chi connectivity index (χ2v) is 7.40. The van der Waals surface area contributed by atoms with Crippen LogP contribution in [0.3, 0.4) is 0 Å². The summed E-state index contributed by atoms with van der Waals surface area (Å²) in [5.41, 5.74) is 2.23. The van der Waals surface area contributed by atoms with Gasteiger partial charge in [0.2, 0.25) is 0 Å². The molecule has 0 spiro atoms. The Morgan fingerprint density at radius 3 is 2.53 bits per heavy atom. The molecule has 3 rings (SSSR count). The summed E-state index contributed by atoms with van der Waals surface area (Å²) in [5, 5.41) is 21.3. The van der Waals surface area contributed by atoms with Gasteiger partial charge in [-0.1, -0.05) is 65.7 Å². The Morgan fingerprint density at radius 2 is 1.83 bits per heavy atom. The monoisotopic (exact) mass is 458 g/mol. The van der Waals surface area contributed by atoms with Crippen molar-refractivity contribution in [2.45, 2.75) is 6.54 Å². The van der Waals surface area contributed by atoms with Gasteiger partial charge in [0.05, 0.1) is 27.7 Å². The molecule has 0 aromatic heterocycles. The van der Waals surface area contributed by atoms with Crippen LogP contribution in [0.4, 0.5) is 11.4 Å². The van der Waals surface area contributed by atoms with Gasteiger partial charge in [-0.2, -0.15) is 5.10 Å². The van der Waals surface area contributed by atoms with Crippen LogP contribution in [-0.2, 0) is 6.54 Å². The molecule has 0 fully saturated rings. The van der Waals surface area contributed by atoms with E-state index in [9.17, 15) is 10.1 Å². The van der Waals surface area contributed by atoms with Crippen LogP contribution in [0.25, 0.3) is 0 Å². The summed E-state index contributed by atoms with van der Waals surface area (Å²) in [6.07, 6.45) is 1.53. The highest BCUT2D eigenvalue weighted by Gasteiger charge is 2.11. The van der Waals surface area contributed by atoms with Crippen LogP contribution >= 0.6 is 35.4 Å². The molecule has 0 aliphatic carbocycles. The third-order valence-corrected chi connectivity index (χ3v) is 5.06. The van der Waals surface area contributed by atoms with Gasteiger partial charge in [0, 0.05) is 23.4 Å². The fourth-order valence-electron chi connectivity index (χ4n) is 2.54. The number of rotatable bonds is 6. The Kier molecular flexibility index (Phi) is 7.35. The van der Waals surface area contributed by atoms with Crippen LogP contribution in [0, 0.1) is 10.1 Å². The molecule has 3 aromatic carbocycles. The molecular formula is C21H16Cl2N4O2S. The Hall–Kier alpha value is -3.00. The highest BCUT2D eigenvalue weighted by atomic mass is 35.5. The number of nitrogens with one attached hydrogen (secondary N) is 1. The molecule has 9 heteroatoms. The number of nitro groups is 1. The molecule has 0 aliphatic heterocycles. The van der Waals surface area contributed by atoms with E-state index in [2.05, 4.69) is 10.4 Å². The van der Waals surface area contributed by atoms with Crippen molar-refractivity contribution in [1.29, 1.82) is 0 Å². The average Bonchev–Trinajstić information content (AvgIpc) is 2.74. The highest BCUT2D eigenvalue weighted by molar-refractivity contribution is 7.80. The Labute approximate surface area is 188 Å². The lowest BCUT2D eigenvalue weighted by atomic mass is 10.2. The summed E-state index contributed by atoms with van der Waals surface area (Å²) in [5.74, 6) is 0. The van der Waals surface area contributed by atoms with Crippen molar-refractivity contribution in [3.8, 4) is 0 Å². The van der Waals surface area contributed by atoms with Crippen molar-refractivity contribution < 1.29 is 4.92 Å². The molecule has 6 nitrogen and oxygen atoms in total. The van der Waals surface area contributed by atoms with Crippen molar-refractivity contribution in [1.82, 2.24) is 5.01 Å². The standard InChI is InChI=1S/C21H16Cl2N4O2S/c22-19-10-9-17(12-20(19)23)25-21(30)26(14-15-5-2-1-3-6-15)24-13-16-7-4-8-18(11-16)27(28)29/h1-13H,14H2,(H,25,30). The van der Waals surface area contributed by atoms with Crippen LogP contribution in [0.1, 0.15) is 11.1 Å². The molecule has 0 amide bonds. The number of non-ortho nitro benzene ring substituents is 1. The minimum absolute atomic E-state index is 0.00920. The number of hydrogen-bond acceptors (Lipinski definition) is 4. The SMILES string of the molecule is O=[N+]([O-])c1cccc(C=NN(Cc2ccccc2)C(=S)Nc2ccc(Cl)c(Cl)c2)c1. The second kappa shape index (κ2) is 10.2. The zero-order valence-electron chi connectivity index (χ0n) is 15.5. The van der Waals surface area contributed by atoms with Crippen molar-refractivity contribution in [2.75, 3.05) is 5.32 Å². The predicted molar refractivity (Wildman–Crippen MR) is 125 cm³/mol. The van der Waals surface area contributed by atoms with E-state index in [1.54, 1.807) is 35.3 Å². The number of hydrogen-bond donors (Lipinski definition) is 1. The summed E-state index contributed by atoms with van der Waals surface area (Å²) in [4.78, 5) is 10.5. The first-order chi connectivity index (χ1) is 14.4. The van der Waals surface area contributed by atoms with Crippen LogP contribution in [0.15, 0.2) is 77.9 Å². The molecule has 152 valence electrons. The van der Waals surface area contributed by atoms with Gasteiger partial charge in [0.25, 0.3) is 5.69 Å². The summed E-state index contributed by atoms with van der Waals surface area (Å²) in [6.45, 7) is 0.402. The molecule has 0 atom stereocenters. The van der Waals surface area contributed by atoms with Gasteiger partial charge in [-0.05, 0) is 36.0 Å². The molecule has 0 unspecified atom stereocenters. The van der Waals surface area contributed by atoms with E-state index < -0.39 is 4.92 Å². The van der Waals surface area contributed by atoms with E-state index in [0.29, 0.717) is 33.0 Å². The molecule has 30 heavy (non-hydrogen) atoms. The predicted octanol–water partition coefficient (Wildman–Crippen LogP) is 6.13. The first kappa shape index (κ1) is 21.7. The summed E-state index contributed by atoms with van der Waals surface area (Å²) in [7, 11) is 0. The van der Waals surface area contributed by atoms with E-state index in [1.165, 1.54) is 18.3 Å². The quantitative estimate of drug-likeness (QED) is 0.208. The smallest absolute Gasteiger partial charge is 0.270 e. The first-order valence-electron chi connectivity index (χ1n) is 8.78. The number of hydrazone groups is 1. The van der Waals surface area contributed by atoms with Crippen molar-refractivity contribution in [3.05, 3.63) is 104 Å². The van der Waals surface area contributed by atoms with E-state index in [0.717, 1.165) is 5.56 Å². The summed E-state index contributed by atoms with van der Waals surface area (Å²) >= 11 is 17.6. The number of halogens is 2. The third kappa shape index (κ3) is 6.00. The topological polar surface area (TPSA) is 70.8 Å². The summed E-state index contributed by atoms with van der Waals surface area (Å²) in [6, 6.07) is 21.0. The molecular weight excluding hydrogens is 443 g/mol. The van der Waals surface area contributed by atoms with Gasteiger partial charge in [-0.15, -0.1) is 0 Å². The largest absolute Gasteiger partial charge is 0.331 e. The molecule has 0 heterocycles. The van der Waals surface area contributed by atoms with Gasteiger partial charge in [0.15, 0.2) is 5.11 Å². The van der Waals surface area contributed by atoms with Gasteiger partial charge >= 0.3 is 0 Å². The maximum Gasteiger partial charge on any atom is 0.270 e.